The fraction of sp³-hybridized carbons (Fsp3) is 0.529. The van der Waals surface area contributed by atoms with Gasteiger partial charge in [0.1, 0.15) is 18.1 Å². The number of carbonyl (C=O) groups is 1. The van der Waals surface area contributed by atoms with Gasteiger partial charge in [0.25, 0.3) is 0 Å². The first-order chi connectivity index (χ1) is 11.6. The van der Waals surface area contributed by atoms with E-state index in [4.69, 9.17) is 9.15 Å². The molecule has 1 atom stereocenters. The highest BCUT2D eigenvalue weighted by Gasteiger charge is 2.32. The predicted molar refractivity (Wildman–Crippen MR) is 91.9 cm³/mol. The molecule has 2 amide bonds. The van der Waals surface area contributed by atoms with Gasteiger partial charge < -0.3 is 19.4 Å². The molecule has 130 valence electrons. The highest BCUT2D eigenvalue weighted by molar-refractivity contribution is 7.11. The molecule has 2 aromatic rings. The molecule has 0 aliphatic carbocycles. The van der Waals surface area contributed by atoms with Crippen LogP contribution in [0.25, 0.3) is 0 Å². The first-order valence-electron chi connectivity index (χ1n) is 8.13. The Morgan fingerprint density at radius 2 is 2.33 bits per heavy atom. The number of carbonyl (C=O) groups excluding carboxylic acids is 1. The second-order valence-electron chi connectivity index (χ2n) is 5.99. The molecule has 1 N–H and O–H groups in total. The largest absolute Gasteiger partial charge is 0.461 e. The van der Waals surface area contributed by atoms with Crippen molar-refractivity contribution >= 4 is 17.4 Å². The van der Waals surface area contributed by atoms with Crippen LogP contribution < -0.4 is 5.32 Å². The second kappa shape index (κ2) is 7.36. The predicted octanol–water partition coefficient (Wildman–Crippen LogP) is 3.55. The minimum absolute atomic E-state index is 0.0000927. The molecule has 24 heavy (non-hydrogen) atoms. The van der Waals surface area contributed by atoms with E-state index < -0.39 is 0 Å². The zero-order valence-corrected chi connectivity index (χ0v) is 15.1. The van der Waals surface area contributed by atoms with Gasteiger partial charge in [-0.3, -0.25) is 0 Å². The van der Waals surface area contributed by atoms with Crippen molar-refractivity contribution in [3.8, 4) is 0 Å². The van der Waals surface area contributed by atoms with Gasteiger partial charge in [0.15, 0.2) is 0 Å². The molecule has 1 aliphatic rings. The first-order valence-corrected chi connectivity index (χ1v) is 8.95. The van der Waals surface area contributed by atoms with E-state index >= 15 is 0 Å². The summed E-state index contributed by atoms with van der Waals surface area (Å²) in [5.74, 6) is 1.62. The van der Waals surface area contributed by atoms with Crippen molar-refractivity contribution in [1.29, 1.82) is 0 Å². The van der Waals surface area contributed by atoms with Crippen LogP contribution in [0.15, 0.2) is 16.5 Å². The lowest BCUT2D eigenvalue weighted by atomic mass is 10.2. The van der Waals surface area contributed by atoms with Crippen LogP contribution in [0, 0.1) is 13.8 Å². The molecule has 0 radical (unpaired) electrons. The van der Waals surface area contributed by atoms with Crippen molar-refractivity contribution < 1.29 is 13.9 Å². The fourth-order valence-corrected chi connectivity index (χ4v) is 3.97. The van der Waals surface area contributed by atoms with Crippen LogP contribution in [0.1, 0.15) is 46.0 Å². The van der Waals surface area contributed by atoms with Crippen LogP contribution >= 0.6 is 11.3 Å². The molecule has 3 heterocycles. The van der Waals surface area contributed by atoms with Crippen LogP contribution in [0.2, 0.25) is 0 Å². The molecule has 1 aliphatic heterocycles. The Kier molecular flexibility index (Phi) is 5.20. The third-order valence-corrected chi connectivity index (χ3v) is 5.28. The van der Waals surface area contributed by atoms with Crippen molar-refractivity contribution in [3.63, 3.8) is 0 Å². The molecule has 1 unspecified atom stereocenters. The van der Waals surface area contributed by atoms with E-state index in [0.29, 0.717) is 13.2 Å². The number of rotatable bonds is 5. The molecule has 7 heteroatoms. The zero-order valence-electron chi connectivity index (χ0n) is 14.3. The summed E-state index contributed by atoms with van der Waals surface area (Å²) in [6.45, 7) is 5.67. The number of likely N-dealkylation sites (tertiary alicyclic amines) is 1. The number of nitrogens with zero attached hydrogens (tertiary/aromatic N) is 2. The van der Waals surface area contributed by atoms with Gasteiger partial charge in [-0.1, -0.05) is 0 Å². The van der Waals surface area contributed by atoms with Gasteiger partial charge in [0, 0.05) is 18.5 Å². The molecule has 6 nitrogen and oxygen atoms in total. The van der Waals surface area contributed by atoms with E-state index in [1.165, 1.54) is 0 Å². The van der Waals surface area contributed by atoms with Gasteiger partial charge in [0.05, 0.1) is 23.3 Å². The number of amides is 2. The maximum Gasteiger partial charge on any atom is 0.318 e. The van der Waals surface area contributed by atoms with Crippen molar-refractivity contribution in [2.75, 3.05) is 13.7 Å². The quantitative estimate of drug-likeness (QED) is 0.896. The monoisotopic (exact) mass is 349 g/mol. The smallest absolute Gasteiger partial charge is 0.318 e. The summed E-state index contributed by atoms with van der Waals surface area (Å²) < 4.78 is 10.9. The summed E-state index contributed by atoms with van der Waals surface area (Å²) in [7, 11) is 1.64. The standard InChI is InChI=1S/C17H23N3O3S/c1-11-16(24-12(2)19-11)9-18-17(21)20-8-4-5-14(20)15-7-6-13(23-15)10-22-3/h6-7,14H,4-5,8-10H2,1-3H3,(H,18,21). The highest BCUT2D eigenvalue weighted by Crippen LogP contribution is 2.33. The number of furan rings is 1. The van der Waals surface area contributed by atoms with E-state index in [2.05, 4.69) is 10.3 Å². The molecule has 0 spiro atoms. The lowest BCUT2D eigenvalue weighted by Crippen LogP contribution is -2.39. The summed E-state index contributed by atoms with van der Waals surface area (Å²) >= 11 is 1.63. The molecular weight excluding hydrogens is 326 g/mol. The second-order valence-corrected chi connectivity index (χ2v) is 7.28. The van der Waals surface area contributed by atoms with E-state index in [1.54, 1.807) is 18.4 Å². The van der Waals surface area contributed by atoms with Crippen molar-refractivity contribution in [1.82, 2.24) is 15.2 Å². The van der Waals surface area contributed by atoms with Gasteiger partial charge in [-0.2, -0.15) is 0 Å². The molecule has 1 fully saturated rings. The third-order valence-electron chi connectivity index (χ3n) is 4.21. The molecule has 0 bridgehead atoms. The third kappa shape index (κ3) is 3.62. The zero-order chi connectivity index (χ0) is 17.1. The van der Waals surface area contributed by atoms with Crippen LogP contribution in [-0.2, 0) is 17.9 Å². The lowest BCUT2D eigenvalue weighted by Gasteiger charge is -2.23. The lowest BCUT2D eigenvalue weighted by molar-refractivity contribution is 0.156. The maximum atomic E-state index is 12.6. The number of aryl methyl sites for hydroxylation is 2. The van der Waals surface area contributed by atoms with Crippen LogP contribution in [0.3, 0.4) is 0 Å². The van der Waals surface area contributed by atoms with Crippen molar-refractivity contribution in [3.05, 3.63) is 39.2 Å². The first kappa shape index (κ1) is 17.0. The van der Waals surface area contributed by atoms with Crippen LogP contribution in [0.5, 0.6) is 0 Å². The number of thiazole rings is 1. The summed E-state index contributed by atoms with van der Waals surface area (Å²) in [5, 5.41) is 4.04. The minimum atomic E-state index is -0.0485. The molecular formula is C17H23N3O3S. The number of ether oxygens (including phenoxy) is 1. The van der Waals surface area contributed by atoms with Crippen LogP contribution in [-0.4, -0.2) is 29.6 Å². The van der Waals surface area contributed by atoms with Crippen LogP contribution in [0.4, 0.5) is 4.79 Å². The summed E-state index contributed by atoms with van der Waals surface area (Å²) in [4.78, 5) is 19.9. The molecule has 3 rings (SSSR count). The van der Waals surface area contributed by atoms with E-state index in [0.717, 1.165) is 46.5 Å². The number of methoxy groups -OCH3 is 1. The van der Waals surface area contributed by atoms with Gasteiger partial charge in [0.2, 0.25) is 0 Å². The topological polar surface area (TPSA) is 67.6 Å². The Morgan fingerprint density at radius 3 is 3.04 bits per heavy atom. The van der Waals surface area contributed by atoms with Gasteiger partial charge in [-0.05, 0) is 38.8 Å². The highest BCUT2D eigenvalue weighted by atomic mass is 32.1. The Hall–Kier alpha value is -1.86. The average Bonchev–Trinajstić information content (AvgIpc) is 3.25. The molecule has 1 saturated heterocycles. The Balaban J connectivity index is 1.63. The normalized spacial score (nSPS) is 17.5. The number of nitrogens with one attached hydrogen (secondary N) is 1. The SMILES string of the molecule is COCc1ccc(C2CCCN2C(=O)NCc2sc(C)nc2C)o1. The Labute approximate surface area is 145 Å². The summed E-state index contributed by atoms with van der Waals surface area (Å²) in [6.07, 6.45) is 1.91. The van der Waals surface area contributed by atoms with E-state index in [9.17, 15) is 4.79 Å². The number of hydrogen-bond donors (Lipinski definition) is 1. The summed E-state index contributed by atoms with van der Waals surface area (Å²) in [5.41, 5.74) is 0.992. The van der Waals surface area contributed by atoms with Gasteiger partial charge >= 0.3 is 6.03 Å². The number of urea groups is 1. The van der Waals surface area contributed by atoms with Gasteiger partial charge in [-0.25, -0.2) is 9.78 Å². The van der Waals surface area contributed by atoms with E-state index in [-0.39, 0.29) is 12.1 Å². The Morgan fingerprint density at radius 1 is 1.50 bits per heavy atom. The maximum absolute atomic E-state index is 12.6. The molecule has 0 saturated carbocycles. The van der Waals surface area contributed by atoms with Crippen molar-refractivity contribution in [2.24, 2.45) is 0 Å². The van der Waals surface area contributed by atoms with Crippen molar-refractivity contribution in [2.45, 2.75) is 45.9 Å². The number of hydrogen-bond acceptors (Lipinski definition) is 5. The Bertz CT molecular complexity index is 710. The minimum Gasteiger partial charge on any atom is -0.461 e. The van der Waals surface area contributed by atoms with Gasteiger partial charge in [-0.15, -0.1) is 11.3 Å². The molecule has 2 aromatic heterocycles. The number of aromatic nitrogens is 1. The van der Waals surface area contributed by atoms with E-state index in [1.807, 2.05) is 30.9 Å². The summed E-state index contributed by atoms with van der Waals surface area (Å²) in [6, 6.07) is 3.81. The fourth-order valence-electron chi connectivity index (χ4n) is 3.09. The average molecular weight is 349 g/mol. The molecule has 0 aromatic carbocycles.